The monoisotopic (exact) mass is 761 g/mol. The molecule has 286 valence electrons. The molecule has 3 fully saturated rings. The molecule has 3 aromatic heterocycles. The zero-order valence-electron chi connectivity index (χ0n) is 31.4. The van der Waals surface area contributed by atoms with Crippen molar-refractivity contribution in [1.82, 2.24) is 34.6 Å². The van der Waals surface area contributed by atoms with Crippen LogP contribution in [0.15, 0.2) is 48.8 Å². The number of nitrogens with zero attached hydrogens (tertiary/aromatic N) is 8. The molecule has 4 aliphatic heterocycles. The highest BCUT2D eigenvalue weighted by atomic mass is 32.1. The molecule has 0 saturated carbocycles. The summed E-state index contributed by atoms with van der Waals surface area (Å²) in [6.07, 6.45) is 5.76. The molecule has 0 bridgehead atoms. The first-order valence-electron chi connectivity index (χ1n) is 19.2. The molecule has 9 rings (SSSR count). The molecule has 0 unspecified atom stereocenters. The van der Waals surface area contributed by atoms with Crippen LogP contribution in [0, 0.1) is 5.41 Å². The Balaban J connectivity index is 0.806. The summed E-state index contributed by atoms with van der Waals surface area (Å²) in [4.78, 5) is 42.3. The van der Waals surface area contributed by atoms with Crippen LogP contribution < -0.4 is 10.6 Å². The topological polar surface area (TPSA) is 157 Å². The number of benzene rings is 2. The number of amides is 1. The van der Waals surface area contributed by atoms with E-state index in [1.54, 1.807) is 34.7 Å². The van der Waals surface area contributed by atoms with Gasteiger partial charge in [-0.15, -0.1) is 11.3 Å². The predicted molar refractivity (Wildman–Crippen MR) is 212 cm³/mol. The maximum Gasteiger partial charge on any atom is 0.258 e. The van der Waals surface area contributed by atoms with Gasteiger partial charge in [0.15, 0.2) is 11.6 Å². The van der Waals surface area contributed by atoms with Gasteiger partial charge in [0.1, 0.15) is 11.5 Å². The summed E-state index contributed by atoms with van der Waals surface area (Å²) in [5, 5.41) is 20.8. The third-order valence-electron chi connectivity index (χ3n) is 11.7. The van der Waals surface area contributed by atoms with Crippen molar-refractivity contribution in [3.63, 3.8) is 0 Å². The number of likely N-dealkylation sites (tertiary alicyclic amines) is 2. The summed E-state index contributed by atoms with van der Waals surface area (Å²) in [6, 6.07) is 11.7. The average molecular weight is 762 g/mol. The van der Waals surface area contributed by atoms with Crippen LogP contribution in [0.5, 0.6) is 11.5 Å². The van der Waals surface area contributed by atoms with E-state index in [9.17, 15) is 15.0 Å². The number of phenols is 2. The lowest BCUT2D eigenvalue weighted by Crippen LogP contribution is -2.59. The Bertz CT molecular complexity index is 2240. The van der Waals surface area contributed by atoms with Gasteiger partial charge in [0.05, 0.1) is 34.6 Å². The number of thiophene rings is 1. The summed E-state index contributed by atoms with van der Waals surface area (Å²) >= 11 is 1.80. The number of anilines is 2. The lowest BCUT2D eigenvalue weighted by molar-refractivity contribution is -0.0522. The maximum atomic E-state index is 13.5. The van der Waals surface area contributed by atoms with Gasteiger partial charge >= 0.3 is 0 Å². The van der Waals surface area contributed by atoms with Crippen molar-refractivity contribution in [3.05, 3.63) is 81.5 Å². The number of phenolic OH excluding ortho intramolecular Hbond substituents is 2. The Morgan fingerprint density at radius 2 is 1.65 bits per heavy atom. The smallest absolute Gasteiger partial charge is 0.258 e. The Labute approximate surface area is 324 Å². The van der Waals surface area contributed by atoms with Gasteiger partial charge in [-0.25, -0.2) is 19.9 Å². The second kappa shape index (κ2) is 14.3. The van der Waals surface area contributed by atoms with Gasteiger partial charge < -0.3 is 30.5 Å². The normalized spacial score (nSPS) is 18.7. The van der Waals surface area contributed by atoms with E-state index < -0.39 is 0 Å². The van der Waals surface area contributed by atoms with Gasteiger partial charge in [0.2, 0.25) is 5.95 Å². The molecule has 4 aliphatic rings. The van der Waals surface area contributed by atoms with E-state index in [2.05, 4.69) is 48.9 Å². The lowest BCUT2D eigenvalue weighted by Gasteiger charge is -2.54. The number of piperidine rings is 1. The number of carbonyl (C=O) groups excluding carboxylic acids is 1. The highest BCUT2D eigenvalue weighted by Crippen LogP contribution is 2.43. The van der Waals surface area contributed by atoms with E-state index in [4.69, 9.17) is 20.4 Å². The highest BCUT2D eigenvalue weighted by Gasteiger charge is 2.44. The summed E-state index contributed by atoms with van der Waals surface area (Å²) in [5.41, 5.74) is 12.3. The van der Waals surface area contributed by atoms with Crippen LogP contribution in [-0.4, -0.2) is 103 Å². The number of aromatic nitrogens is 4. The molecule has 7 heterocycles. The number of ether oxygens (including phenoxy) is 1. The fourth-order valence-electron chi connectivity index (χ4n) is 8.70. The van der Waals surface area contributed by atoms with Crippen LogP contribution in [0.3, 0.4) is 0 Å². The van der Waals surface area contributed by atoms with Crippen molar-refractivity contribution >= 4 is 39.2 Å². The number of morpholine rings is 1. The maximum absolute atomic E-state index is 13.5. The molecule has 1 spiro atoms. The minimum atomic E-state index is -0.217. The molecular formula is C41H47N9O4S. The van der Waals surface area contributed by atoms with Crippen LogP contribution >= 0.6 is 11.3 Å². The Kier molecular flexibility index (Phi) is 9.32. The van der Waals surface area contributed by atoms with Crippen LogP contribution in [0.1, 0.15) is 70.1 Å². The van der Waals surface area contributed by atoms with Crippen molar-refractivity contribution in [2.45, 2.75) is 58.8 Å². The van der Waals surface area contributed by atoms with Crippen molar-refractivity contribution in [1.29, 1.82) is 0 Å². The first-order valence-corrected chi connectivity index (χ1v) is 20.0. The minimum absolute atomic E-state index is 0.0139. The van der Waals surface area contributed by atoms with Crippen molar-refractivity contribution in [3.8, 4) is 22.9 Å². The number of nitrogen functional groups attached to an aromatic ring is 1. The fraction of sp³-hybridized carbons (Fsp3) is 0.439. The SMILES string of the molecule is CC(C)c1cc(C(=O)N2Cc3ccc(CN4CC5(CCN(Cc6cc7nc(-c8cnc(N)nc8)nc(N8CCOCC8)c7s6)CC5)C4)cc3C2)c(O)cc1O. The number of rotatable bonds is 8. The second-order valence-electron chi connectivity index (χ2n) is 16.0. The van der Waals surface area contributed by atoms with E-state index in [0.717, 1.165) is 85.1 Å². The van der Waals surface area contributed by atoms with Crippen molar-refractivity contribution < 1.29 is 19.7 Å². The third kappa shape index (κ3) is 7.08. The van der Waals surface area contributed by atoms with E-state index >= 15 is 0 Å². The Morgan fingerprint density at radius 1 is 0.909 bits per heavy atom. The lowest BCUT2D eigenvalue weighted by atomic mass is 9.72. The van der Waals surface area contributed by atoms with Crippen LogP contribution in [0.4, 0.5) is 11.8 Å². The van der Waals surface area contributed by atoms with Gasteiger partial charge in [-0.2, -0.15) is 0 Å². The van der Waals surface area contributed by atoms with Gasteiger partial charge in [-0.05, 0) is 71.7 Å². The van der Waals surface area contributed by atoms with Crippen LogP contribution in [0.2, 0.25) is 0 Å². The Hall–Kier alpha value is -4.89. The summed E-state index contributed by atoms with van der Waals surface area (Å²) in [6.45, 7) is 14.1. The number of hydrogen-bond acceptors (Lipinski definition) is 13. The highest BCUT2D eigenvalue weighted by molar-refractivity contribution is 7.19. The van der Waals surface area contributed by atoms with Crippen molar-refractivity contribution in [2.75, 3.05) is 63.1 Å². The first kappa shape index (κ1) is 35.8. The minimum Gasteiger partial charge on any atom is -0.508 e. The zero-order chi connectivity index (χ0) is 37.8. The van der Waals surface area contributed by atoms with E-state index in [-0.39, 0.29) is 34.8 Å². The quantitative estimate of drug-likeness (QED) is 0.187. The number of fused-ring (bicyclic) bond motifs is 2. The van der Waals surface area contributed by atoms with Gasteiger partial charge in [0.25, 0.3) is 5.91 Å². The molecule has 0 aliphatic carbocycles. The average Bonchev–Trinajstić information content (AvgIpc) is 3.78. The zero-order valence-corrected chi connectivity index (χ0v) is 32.2. The second-order valence-corrected chi connectivity index (χ2v) is 17.1. The predicted octanol–water partition coefficient (Wildman–Crippen LogP) is 5.36. The number of nitrogens with two attached hydrogens (primary N) is 1. The molecule has 4 N–H and O–H groups in total. The van der Waals surface area contributed by atoms with Gasteiger partial charge in [-0.3, -0.25) is 14.6 Å². The fourth-order valence-corrected chi connectivity index (χ4v) is 9.85. The van der Waals surface area contributed by atoms with Crippen molar-refractivity contribution in [2.24, 2.45) is 5.41 Å². The Morgan fingerprint density at radius 3 is 2.40 bits per heavy atom. The number of hydrogen-bond donors (Lipinski definition) is 3. The standard InChI is InChI=1S/C41H47N9O4S/c1-25(2)31-15-32(35(52)16-34(31)51)39(53)50-20-27-4-3-26(13-28(27)21-50)19-48-23-41(24-48)5-7-47(8-6-41)22-30-14-33-36(55-30)38(49-9-11-54-12-10-49)46-37(45-33)29-17-43-40(42)44-18-29/h3-4,13-18,25,51-52H,5-12,19-24H2,1-2H3,(H2,42,43,44). The molecule has 2 aromatic carbocycles. The molecule has 5 aromatic rings. The molecule has 14 heteroatoms. The van der Waals surface area contributed by atoms with Crippen LogP contribution in [-0.2, 0) is 30.9 Å². The largest absolute Gasteiger partial charge is 0.508 e. The number of carbonyl (C=O) groups is 1. The van der Waals surface area contributed by atoms with Gasteiger partial charge in [0, 0.05) is 75.7 Å². The molecule has 0 radical (unpaired) electrons. The molecule has 1 amide bonds. The summed E-state index contributed by atoms with van der Waals surface area (Å²) < 4.78 is 6.75. The van der Waals surface area contributed by atoms with E-state index in [1.165, 1.54) is 29.3 Å². The molecule has 55 heavy (non-hydrogen) atoms. The summed E-state index contributed by atoms with van der Waals surface area (Å²) in [7, 11) is 0. The number of aromatic hydroxyl groups is 2. The molecule has 0 atom stereocenters. The third-order valence-corrected chi connectivity index (χ3v) is 12.8. The van der Waals surface area contributed by atoms with Gasteiger partial charge in [-0.1, -0.05) is 32.0 Å². The summed E-state index contributed by atoms with van der Waals surface area (Å²) in [5.74, 6) is 1.43. The van der Waals surface area contributed by atoms with E-state index in [1.807, 2.05) is 13.8 Å². The molecule has 13 nitrogen and oxygen atoms in total. The first-order chi connectivity index (χ1) is 26.6. The van der Waals surface area contributed by atoms with Crippen LogP contribution in [0.25, 0.3) is 21.6 Å². The van der Waals surface area contributed by atoms with E-state index in [0.29, 0.717) is 43.1 Å². The molecular weight excluding hydrogens is 715 g/mol. The molecule has 3 saturated heterocycles.